The molecule has 2 aromatic rings. The molecule has 4 nitrogen and oxygen atoms in total. The van der Waals surface area contributed by atoms with Gasteiger partial charge in [0.1, 0.15) is 6.04 Å². The second-order valence-electron chi connectivity index (χ2n) is 4.51. The zero-order valence-corrected chi connectivity index (χ0v) is 12.0. The van der Waals surface area contributed by atoms with Crippen molar-refractivity contribution in [1.82, 2.24) is 4.57 Å². The van der Waals surface area contributed by atoms with Crippen LogP contribution in [-0.2, 0) is 4.79 Å². The molecular weight excluding hydrogens is 290 g/mol. The summed E-state index contributed by atoms with van der Waals surface area (Å²) >= 11 is 5.96. The van der Waals surface area contributed by atoms with Crippen molar-refractivity contribution in [2.75, 3.05) is 0 Å². The molecule has 0 saturated carbocycles. The van der Waals surface area contributed by atoms with Crippen LogP contribution < -0.4 is 5.56 Å². The van der Waals surface area contributed by atoms with E-state index < -0.39 is 17.6 Å². The number of rotatable bonds is 3. The Morgan fingerprint density at radius 3 is 2.67 bits per heavy atom. The molecule has 0 amide bonds. The van der Waals surface area contributed by atoms with Gasteiger partial charge >= 0.3 is 5.97 Å². The molecule has 0 aliphatic carbocycles. The topological polar surface area (TPSA) is 59.3 Å². The monoisotopic (exact) mass is 301 g/mol. The highest BCUT2D eigenvalue weighted by atomic mass is 35.5. The first-order valence-electron chi connectivity index (χ1n) is 6.15. The van der Waals surface area contributed by atoms with Crippen molar-refractivity contribution >= 4 is 17.6 Å². The van der Waals surface area contributed by atoms with Gasteiger partial charge in [0.15, 0.2) is 0 Å². The molecule has 1 aromatic carbocycles. The highest BCUT2D eigenvalue weighted by Gasteiger charge is 2.15. The molecule has 1 N–H and O–H groups in total. The van der Waals surface area contributed by atoms with Crippen molar-refractivity contribution in [3.8, 4) is 23.5 Å². The summed E-state index contributed by atoms with van der Waals surface area (Å²) < 4.78 is 1.14. The number of aliphatic carboxylic acids is 1. The lowest BCUT2D eigenvalue weighted by Crippen LogP contribution is -2.26. The van der Waals surface area contributed by atoms with Crippen LogP contribution in [0.5, 0.6) is 0 Å². The van der Waals surface area contributed by atoms with E-state index in [4.69, 9.17) is 23.1 Å². The van der Waals surface area contributed by atoms with Gasteiger partial charge in [-0.2, -0.15) is 0 Å². The van der Waals surface area contributed by atoms with Crippen LogP contribution in [0.1, 0.15) is 18.5 Å². The fraction of sp³-hybridized carbons (Fsp3) is 0.125. The van der Waals surface area contributed by atoms with Crippen molar-refractivity contribution in [3.63, 3.8) is 0 Å². The van der Waals surface area contributed by atoms with E-state index in [-0.39, 0.29) is 0 Å². The number of terminal acetylenes is 1. The molecule has 0 fully saturated rings. The number of benzene rings is 1. The zero-order valence-electron chi connectivity index (χ0n) is 11.2. The first kappa shape index (κ1) is 14.9. The summed E-state index contributed by atoms with van der Waals surface area (Å²) in [5.41, 5.74) is 1.47. The lowest BCUT2D eigenvalue weighted by molar-refractivity contribution is -0.140. The van der Waals surface area contributed by atoms with Gasteiger partial charge in [0.05, 0.1) is 0 Å². The normalized spacial score (nSPS) is 11.7. The Morgan fingerprint density at radius 2 is 2.10 bits per heavy atom. The Balaban J connectivity index is 2.56. The van der Waals surface area contributed by atoms with E-state index in [1.54, 1.807) is 24.3 Å². The largest absolute Gasteiger partial charge is 0.480 e. The molecule has 5 heteroatoms. The molecule has 0 radical (unpaired) electrons. The van der Waals surface area contributed by atoms with Gasteiger partial charge in [-0.25, -0.2) is 4.79 Å². The standard InChI is InChI=1S/C16H12ClNO3/c1-3-11-4-5-13(17)9-14(11)12-6-7-18(15(19)8-12)10(2)16(20)21/h1,4-10H,2H3,(H,20,21)/t10-/m0/s1. The van der Waals surface area contributed by atoms with Gasteiger partial charge in [-0.05, 0) is 42.3 Å². The average molecular weight is 302 g/mol. The third-order valence-corrected chi connectivity index (χ3v) is 3.41. The first-order valence-corrected chi connectivity index (χ1v) is 6.53. The van der Waals surface area contributed by atoms with E-state index in [0.29, 0.717) is 21.7 Å². The van der Waals surface area contributed by atoms with E-state index in [1.807, 2.05) is 0 Å². The summed E-state index contributed by atoms with van der Waals surface area (Å²) in [5.74, 6) is 1.46. The summed E-state index contributed by atoms with van der Waals surface area (Å²) in [7, 11) is 0. The number of hydrogen-bond acceptors (Lipinski definition) is 2. The highest BCUT2D eigenvalue weighted by molar-refractivity contribution is 6.30. The number of pyridine rings is 1. The predicted molar refractivity (Wildman–Crippen MR) is 81.4 cm³/mol. The number of carbonyl (C=O) groups is 1. The number of aromatic nitrogens is 1. The molecular formula is C16H12ClNO3. The van der Waals surface area contributed by atoms with Gasteiger partial charge < -0.3 is 9.67 Å². The van der Waals surface area contributed by atoms with Gasteiger partial charge in [0.25, 0.3) is 5.56 Å². The van der Waals surface area contributed by atoms with Crippen molar-refractivity contribution in [3.05, 3.63) is 57.5 Å². The van der Waals surface area contributed by atoms with E-state index in [0.717, 1.165) is 4.57 Å². The molecule has 1 aromatic heterocycles. The average Bonchev–Trinajstić information content (AvgIpc) is 2.46. The van der Waals surface area contributed by atoms with Crippen LogP contribution in [0.4, 0.5) is 0 Å². The molecule has 0 spiro atoms. The molecule has 0 aliphatic rings. The molecule has 0 saturated heterocycles. The number of hydrogen-bond donors (Lipinski definition) is 1. The van der Waals surface area contributed by atoms with Crippen molar-refractivity contribution in [2.45, 2.75) is 13.0 Å². The lowest BCUT2D eigenvalue weighted by Gasteiger charge is -2.12. The molecule has 0 unspecified atom stereocenters. The van der Waals surface area contributed by atoms with E-state index >= 15 is 0 Å². The third kappa shape index (κ3) is 2.99. The predicted octanol–water partition coefficient (Wildman–Crippen LogP) is 2.80. The maximum absolute atomic E-state index is 12.1. The molecule has 2 rings (SSSR count). The fourth-order valence-electron chi connectivity index (χ4n) is 1.98. The smallest absolute Gasteiger partial charge is 0.326 e. The molecule has 0 bridgehead atoms. The molecule has 0 aliphatic heterocycles. The minimum Gasteiger partial charge on any atom is -0.480 e. The van der Waals surface area contributed by atoms with E-state index in [1.165, 1.54) is 19.2 Å². The van der Waals surface area contributed by atoms with Crippen LogP contribution in [0.15, 0.2) is 41.3 Å². The second kappa shape index (κ2) is 5.86. The van der Waals surface area contributed by atoms with Gasteiger partial charge in [0, 0.05) is 22.8 Å². The Bertz CT molecular complexity index is 802. The van der Waals surface area contributed by atoms with Gasteiger partial charge in [0.2, 0.25) is 0 Å². The number of halogens is 1. The first-order chi connectivity index (χ1) is 9.93. The van der Waals surface area contributed by atoms with Crippen molar-refractivity contribution < 1.29 is 9.90 Å². The molecule has 1 heterocycles. The Kier molecular flexibility index (Phi) is 4.15. The minimum absolute atomic E-state index is 0.412. The van der Waals surface area contributed by atoms with Crippen LogP contribution in [0.2, 0.25) is 5.02 Å². The van der Waals surface area contributed by atoms with E-state index in [2.05, 4.69) is 5.92 Å². The zero-order chi connectivity index (χ0) is 15.6. The summed E-state index contributed by atoms with van der Waals surface area (Å²) in [6, 6.07) is 7.12. The maximum atomic E-state index is 12.1. The van der Waals surface area contributed by atoms with Gasteiger partial charge in [-0.15, -0.1) is 6.42 Å². The van der Waals surface area contributed by atoms with Crippen LogP contribution in [0.3, 0.4) is 0 Å². The van der Waals surface area contributed by atoms with Gasteiger partial charge in [-0.3, -0.25) is 4.79 Å². The fourth-order valence-corrected chi connectivity index (χ4v) is 2.15. The third-order valence-electron chi connectivity index (χ3n) is 3.17. The summed E-state index contributed by atoms with van der Waals surface area (Å²) in [5, 5.41) is 9.47. The Hall–Kier alpha value is -2.51. The number of carboxylic acids is 1. The van der Waals surface area contributed by atoms with E-state index in [9.17, 15) is 9.59 Å². The molecule has 106 valence electrons. The quantitative estimate of drug-likeness (QED) is 0.887. The summed E-state index contributed by atoms with van der Waals surface area (Å²) in [6.45, 7) is 1.44. The van der Waals surface area contributed by atoms with Crippen LogP contribution in [-0.4, -0.2) is 15.6 Å². The lowest BCUT2D eigenvalue weighted by atomic mass is 10.0. The second-order valence-corrected chi connectivity index (χ2v) is 4.95. The number of carboxylic acid groups (broad SMARTS) is 1. The van der Waals surface area contributed by atoms with Gasteiger partial charge in [-0.1, -0.05) is 17.5 Å². The van der Waals surface area contributed by atoms with Crippen LogP contribution in [0, 0.1) is 12.3 Å². The summed E-state index contributed by atoms with van der Waals surface area (Å²) in [6.07, 6.45) is 6.88. The highest BCUT2D eigenvalue weighted by Crippen LogP contribution is 2.25. The molecule has 21 heavy (non-hydrogen) atoms. The van der Waals surface area contributed by atoms with Crippen LogP contribution in [0.25, 0.3) is 11.1 Å². The Morgan fingerprint density at radius 1 is 1.38 bits per heavy atom. The SMILES string of the molecule is C#Cc1ccc(Cl)cc1-c1ccn([C@@H](C)C(=O)O)c(=O)c1. The summed E-state index contributed by atoms with van der Waals surface area (Å²) in [4.78, 5) is 23.0. The van der Waals surface area contributed by atoms with Crippen molar-refractivity contribution in [2.24, 2.45) is 0 Å². The Labute approximate surface area is 126 Å². The minimum atomic E-state index is -1.07. The maximum Gasteiger partial charge on any atom is 0.326 e. The molecule has 1 atom stereocenters. The van der Waals surface area contributed by atoms with Crippen molar-refractivity contribution in [1.29, 1.82) is 0 Å². The van der Waals surface area contributed by atoms with Crippen LogP contribution >= 0.6 is 11.6 Å². The number of nitrogens with zero attached hydrogens (tertiary/aromatic N) is 1.